The van der Waals surface area contributed by atoms with Crippen LogP contribution in [0.15, 0.2) is 18.2 Å². The van der Waals surface area contributed by atoms with E-state index in [4.69, 9.17) is 4.74 Å². The molecule has 0 aromatic heterocycles. The number of hydrogen-bond donors (Lipinski definition) is 1. The van der Waals surface area contributed by atoms with Crippen molar-refractivity contribution >= 4 is 15.9 Å². The van der Waals surface area contributed by atoms with Gasteiger partial charge in [-0.25, -0.2) is 21.5 Å². The normalized spacial score (nSPS) is 21.2. The van der Waals surface area contributed by atoms with Gasteiger partial charge in [0.15, 0.2) is 11.6 Å². The lowest BCUT2D eigenvalue weighted by atomic mass is 10.1. The number of hydrogen-bond acceptors (Lipinski definition) is 4. The highest BCUT2D eigenvalue weighted by atomic mass is 32.2. The summed E-state index contributed by atoms with van der Waals surface area (Å²) in [5.74, 6) is -2.87. The van der Waals surface area contributed by atoms with Crippen molar-refractivity contribution in [2.24, 2.45) is 5.92 Å². The predicted octanol–water partition coefficient (Wildman–Crippen LogP) is 0.530. The van der Waals surface area contributed by atoms with Crippen molar-refractivity contribution in [2.75, 3.05) is 33.1 Å². The third kappa shape index (κ3) is 4.71. The monoisotopic (exact) mass is 362 g/mol. The molecule has 1 amide bonds. The molecule has 0 unspecified atom stereocenters. The molecule has 1 heterocycles. The summed E-state index contributed by atoms with van der Waals surface area (Å²) in [6, 6.07) is 2.83. The van der Waals surface area contributed by atoms with Crippen molar-refractivity contribution < 1.29 is 26.7 Å². The van der Waals surface area contributed by atoms with Crippen LogP contribution in [-0.2, 0) is 26.0 Å². The fourth-order valence-electron chi connectivity index (χ4n) is 2.43. The molecule has 1 aromatic rings. The summed E-state index contributed by atoms with van der Waals surface area (Å²) in [5.41, 5.74) is 0.336. The molecule has 0 aliphatic carbocycles. The van der Waals surface area contributed by atoms with Gasteiger partial charge in [-0.15, -0.1) is 0 Å². The van der Waals surface area contributed by atoms with E-state index in [0.717, 1.165) is 16.4 Å². The van der Waals surface area contributed by atoms with Gasteiger partial charge < -0.3 is 10.1 Å². The van der Waals surface area contributed by atoms with E-state index in [-0.39, 0.29) is 31.3 Å². The molecule has 24 heavy (non-hydrogen) atoms. The number of nitrogens with one attached hydrogen (secondary N) is 1. The minimum atomic E-state index is -3.41. The molecule has 134 valence electrons. The predicted molar refractivity (Wildman–Crippen MR) is 83.8 cm³/mol. The molecule has 1 fully saturated rings. The maximum atomic E-state index is 13.2. The second-order valence-electron chi connectivity index (χ2n) is 5.96. The van der Waals surface area contributed by atoms with Gasteiger partial charge in [0.1, 0.15) is 0 Å². The van der Waals surface area contributed by atoms with Crippen molar-refractivity contribution in [3.8, 4) is 0 Å². The Labute approximate surface area is 139 Å². The SMILES string of the molecule is CN(C)S(=O)(=O)C[C@@H]1COC[C@@H]1NC(=O)Cc1ccc(F)c(F)c1. The number of sulfonamides is 1. The molecular weight excluding hydrogens is 342 g/mol. The van der Waals surface area contributed by atoms with Gasteiger partial charge in [-0.05, 0) is 17.7 Å². The van der Waals surface area contributed by atoms with Crippen LogP contribution in [0.5, 0.6) is 0 Å². The Hall–Kier alpha value is -1.58. The first-order valence-electron chi connectivity index (χ1n) is 7.40. The molecule has 1 saturated heterocycles. The van der Waals surface area contributed by atoms with E-state index in [1.807, 2.05) is 0 Å². The Kier molecular flexibility index (Phi) is 5.89. The lowest BCUT2D eigenvalue weighted by Gasteiger charge is -2.21. The number of benzene rings is 1. The number of carbonyl (C=O) groups is 1. The van der Waals surface area contributed by atoms with Gasteiger partial charge in [-0.2, -0.15) is 0 Å². The maximum absolute atomic E-state index is 13.2. The van der Waals surface area contributed by atoms with E-state index in [1.54, 1.807) is 0 Å². The lowest BCUT2D eigenvalue weighted by Crippen LogP contribution is -2.44. The number of halogens is 2. The largest absolute Gasteiger partial charge is 0.379 e. The van der Waals surface area contributed by atoms with E-state index >= 15 is 0 Å². The zero-order valence-corrected chi connectivity index (χ0v) is 14.3. The summed E-state index contributed by atoms with van der Waals surface area (Å²) in [6.45, 7) is 0.459. The van der Waals surface area contributed by atoms with Gasteiger partial charge in [-0.3, -0.25) is 4.79 Å². The Balaban J connectivity index is 1.96. The smallest absolute Gasteiger partial charge is 0.224 e. The third-order valence-electron chi connectivity index (χ3n) is 3.87. The lowest BCUT2D eigenvalue weighted by molar-refractivity contribution is -0.121. The Morgan fingerprint density at radius 2 is 2.00 bits per heavy atom. The molecule has 0 saturated carbocycles. The summed E-state index contributed by atoms with van der Waals surface area (Å²) in [7, 11) is -0.516. The molecule has 1 aliphatic heterocycles. The molecule has 1 N–H and O–H groups in total. The van der Waals surface area contributed by atoms with Crippen molar-refractivity contribution in [3.63, 3.8) is 0 Å². The molecule has 2 atom stereocenters. The zero-order valence-electron chi connectivity index (χ0n) is 13.5. The molecule has 9 heteroatoms. The van der Waals surface area contributed by atoms with E-state index < -0.39 is 33.6 Å². The van der Waals surface area contributed by atoms with E-state index in [1.165, 1.54) is 20.2 Å². The van der Waals surface area contributed by atoms with Gasteiger partial charge in [-0.1, -0.05) is 6.07 Å². The van der Waals surface area contributed by atoms with Gasteiger partial charge in [0, 0.05) is 20.0 Å². The molecule has 1 aliphatic rings. The van der Waals surface area contributed by atoms with Crippen molar-refractivity contribution in [3.05, 3.63) is 35.4 Å². The minimum Gasteiger partial charge on any atom is -0.379 e. The molecule has 2 rings (SSSR count). The summed E-state index contributed by atoms with van der Waals surface area (Å²) in [6.07, 6.45) is -0.124. The number of amides is 1. The zero-order chi connectivity index (χ0) is 17.9. The van der Waals surface area contributed by atoms with Crippen LogP contribution in [0.2, 0.25) is 0 Å². The van der Waals surface area contributed by atoms with Crippen molar-refractivity contribution in [2.45, 2.75) is 12.5 Å². The van der Waals surface area contributed by atoms with Crippen LogP contribution < -0.4 is 5.32 Å². The topological polar surface area (TPSA) is 75.7 Å². The van der Waals surface area contributed by atoms with Crippen LogP contribution in [0.25, 0.3) is 0 Å². The second-order valence-corrected chi connectivity index (χ2v) is 8.19. The van der Waals surface area contributed by atoms with E-state index in [0.29, 0.717) is 5.56 Å². The van der Waals surface area contributed by atoms with Gasteiger partial charge in [0.05, 0.1) is 31.4 Å². The highest BCUT2D eigenvalue weighted by molar-refractivity contribution is 7.89. The van der Waals surface area contributed by atoms with Crippen molar-refractivity contribution in [1.29, 1.82) is 0 Å². The Morgan fingerprint density at radius 3 is 2.62 bits per heavy atom. The van der Waals surface area contributed by atoms with Crippen molar-refractivity contribution in [1.82, 2.24) is 9.62 Å². The Bertz CT molecular complexity index is 709. The number of ether oxygens (including phenoxy) is 1. The van der Waals surface area contributed by atoms with Gasteiger partial charge in [0.25, 0.3) is 0 Å². The standard InChI is InChI=1S/C15H20F2N2O4S/c1-19(2)24(21,22)9-11-7-23-8-14(11)18-15(20)6-10-3-4-12(16)13(17)5-10/h3-5,11,14H,6-9H2,1-2H3,(H,18,20)/t11-,14-/m0/s1. The highest BCUT2D eigenvalue weighted by Crippen LogP contribution is 2.17. The number of rotatable bonds is 6. The molecule has 6 nitrogen and oxygen atoms in total. The van der Waals surface area contributed by atoms with Gasteiger partial charge >= 0.3 is 0 Å². The average Bonchev–Trinajstić information content (AvgIpc) is 2.89. The van der Waals surface area contributed by atoms with E-state index in [9.17, 15) is 22.0 Å². The van der Waals surface area contributed by atoms with Crippen LogP contribution in [0.1, 0.15) is 5.56 Å². The Morgan fingerprint density at radius 1 is 1.29 bits per heavy atom. The quantitative estimate of drug-likeness (QED) is 0.801. The summed E-state index contributed by atoms with van der Waals surface area (Å²) in [5, 5.41) is 2.71. The fourth-order valence-corrected chi connectivity index (χ4v) is 3.60. The maximum Gasteiger partial charge on any atom is 0.224 e. The first-order valence-corrected chi connectivity index (χ1v) is 9.01. The first kappa shape index (κ1) is 18.8. The van der Waals surface area contributed by atoms with Crippen LogP contribution >= 0.6 is 0 Å². The molecule has 0 spiro atoms. The molecule has 1 aromatic carbocycles. The fraction of sp³-hybridized carbons (Fsp3) is 0.533. The first-order chi connectivity index (χ1) is 11.2. The summed E-state index contributed by atoms with van der Waals surface area (Å²) >= 11 is 0. The molecule has 0 radical (unpaired) electrons. The van der Waals surface area contributed by atoms with Crippen LogP contribution in [0.3, 0.4) is 0 Å². The van der Waals surface area contributed by atoms with E-state index in [2.05, 4.69) is 5.32 Å². The number of nitrogens with zero attached hydrogens (tertiary/aromatic N) is 1. The number of carbonyl (C=O) groups excluding carboxylic acids is 1. The van der Waals surface area contributed by atoms with Crippen LogP contribution in [-0.4, -0.2) is 57.7 Å². The van der Waals surface area contributed by atoms with Gasteiger partial charge in [0.2, 0.25) is 15.9 Å². The van der Waals surface area contributed by atoms with Crippen LogP contribution in [0, 0.1) is 17.6 Å². The highest BCUT2D eigenvalue weighted by Gasteiger charge is 2.34. The summed E-state index contributed by atoms with van der Waals surface area (Å²) < 4.78 is 56.4. The minimum absolute atomic E-state index is 0.124. The third-order valence-corrected chi connectivity index (χ3v) is 5.84. The average molecular weight is 362 g/mol. The molecule has 0 bridgehead atoms. The molecular formula is C15H20F2N2O4S. The van der Waals surface area contributed by atoms with Crippen LogP contribution in [0.4, 0.5) is 8.78 Å². The second kappa shape index (κ2) is 7.54. The summed E-state index contributed by atoms with van der Waals surface area (Å²) in [4.78, 5) is 12.1.